The third kappa shape index (κ3) is 3.01. The number of rotatable bonds is 3. The van der Waals surface area contributed by atoms with E-state index in [0.717, 1.165) is 12.0 Å². The molecule has 0 aliphatic carbocycles. The van der Waals surface area contributed by atoms with Gasteiger partial charge in [-0.25, -0.2) is 0 Å². The van der Waals surface area contributed by atoms with Gasteiger partial charge in [0.1, 0.15) is 5.60 Å². The molecule has 1 spiro atoms. The minimum atomic E-state index is -0.707. The lowest BCUT2D eigenvalue weighted by Crippen LogP contribution is -2.47. The second-order valence-corrected chi connectivity index (χ2v) is 8.64. The van der Waals surface area contributed by atoms with Crippen molar-refractivity contribution in [1.29, 1.82) is 0 Å². The minimum absolute atomic E-state index is 0.0239. The van der Waals surface area contributed by atoms with Crippen LogP contribution in [-0.4, -0.2) is 81.8 Å². The first kappa shape index (κ1) is 19.2. The second-order valence-electron chi connectivity index (χ2n) is 8.64. The molecule has 30 heavy (non-hydrogen) atoms. The van der Waals surface area contributed by atoms with Gasteiger partial charge >= 0.3 is 0 Å². The number of aromatic nitrogens is 1. The Hall–Kier alpha value is -2.74. The monoisotopic (exact) mass is 410 g/mol. The lowest BCUT2D eigenvalue weighted by molar-refractivity contribution is -0.143. The van der Waals surface area contributed by atoms with Gasteiger partial charge < -0.3 is 19.4 Å². The van der Waals surface area contributed by atoms with Crippen molar-refractivity contribution in [1.82, 2.24) is 19.7 Å². The van der Waals surface area contributed by atoms with Gasteiger partial charge in [0.05, 0.1) is 24.5 Å². The van der Waals surface area contributed by atoms with Crippen LogP contribution in [0.1, 0.15) is 18.9 Å². The number of hydrogen-bond donors (Lipinski definition) is 0. The lowest BCUT2D eigenvalue weighted by Gasteiger charge is -2.29. The van der Waals surface area contributed by atoms with Crippen LogP contribution in [0.3, 0.4) is 0 Å². The van der Waals surface area contributed by atoms with E-state index in [1.165, 1.54) is 0 Å². The van der Waals surface area contributed by atoms with Crippen molar-refractivity contribution in [2.45, 2.75) is 31.6 Å². The molecule has 1 aromatic heterocycles. The van der Waals surface area contributed by atoms with E-state index in [1.54, 1.807) is 29.1 Å². The minimum Gasteiger partial charge on any atom is -0.360 e. The molecule has 0 aromatic carbocycles. The fourth-order valence-electron chi connectivity index (χ4n) is 5.37. The molecule has 2 bridgehead atoms. The van der Waals surface area contributed by atoms with E-state index in [4.69, 9.17) is 4.74 Å². The Morgan fingerprint density at radius 1 is 1.23 bits per heavy atom. The topological polar surface area (TPSA) is 83.1 Å². The average Bonchev–Trinajstić information content (AvgIpc) is 3.28. The van der Waals surface area contributed by atoms with Crippen LogP contribution in [0, 0.1) is 11.8 Å². The van der Waals surface area contributed by atoms with E-state index < -0.39 is 17.4 Å². The normalized spacial score (nSPS) is 32.5. The molecular weight excluding hydrogens is 384 g/mol. The quantitative estimate of drug-likeness (QED) is 0.676. The highest BCUT2D eigenvalue weighted by molar-refractivity contribution is 5.93. The highest BCUT2D eigenvalue weighted by atomic mass is 16.5. The molecule has 158 valence electrons. The van der Waals surface area contributed by atoms with Crippen LogP contribution in [0.5, 0.6) is 0 Å². The first-order valence-corrected chi connectivity index (χ1v) is 10.6. The van der Waals surface area contributed by atoms with Crippen LogP contribution in [0.25, 0.3) is 0 Å². The zero-order valence-corrected chi connectivity index (χ0v) is 17.1. The van der Waals surface area contributed by atoms with Crippen molar-refractivity contribution in [3.63, 3.8) is 0 Å². The predicted molar refractivity (Wildman–Crippen MR) is 107 cm³/mol. The van der Waals surface area contributed by atoms with Crippen molar-refractivity contribution < 1.29 is 19.1 Å². The molecular formula is C22H26N4O4. The van der Waals surface area contributed by atoms with Crippen LogP contribution in [-0.2, 0) is 25.7 Å². The molecule has 1 aromatic rings. The Labute approximate surface area is 175 Å². The molecule has 3 saturated heterocycles. The molecule has 4 aliphatic heterocycles. The largest absolute Gasteiger partial charge is 0.360 e. The van der Waals surface area contributed by atoms with E-state index >= 15 is 0 Å². The summed E-state index contributed by atoms with van der Waals surface area (Å²) < 4.78 is 6.24. The van der Waals surface area contributed by atoms with Gasteiger partial charge in [-0.3, -0.25) is 19.4 Å². The van der Waals surface area contributed by atoms with Crippen LogP contribution in [0.4, 0.5) is 0 Å². The van der Waals surface area contributed by atoms with Crippen molar-refractivity contribution in [3.8, 4) is 0 Å². The Morgan fingerprint density at radius 2 is 2.03 bits per heavy atom. The number of likely N-dealkylation sites (tertiary alicyclic amines) is 1. The Morgan fingerprint density at radius 3 is 2.80 bits per heavy atom. The molecule has 0 radical (unpaired) electrons. The molecule has 0 unspecified atom stereocenters. The van der Waals surface area contributed by atoms with E-state index in [1.807, 2.05) is 29.2 Å². The number of carbonyl (C=O) groups excluding carboxylic acids is 3. The summed E-state index contributed by atoms with van der Waals surface area (Å²) in [6, 6.07) is 3.80. The van der Waals surface area contributed by atoms with E-state index in [0.29, 0.717) is 39.3 Å². The fourth-order valence-corrected chi connectivity index (χ4v) is 5.37. The highest BCUT2D eigenvalue weighted by Crippen LogP contribution is 2.52. The average molecular weight is 410 g/mol. The van der Waals surface area contributed by atoms with Crippen molar-refractivity contribution in [2.24, 2.45) is 11.8 Å². The van der Waals surface area contributed by atoms with Gasteiger partial charge in [-0.05, 0) is 18.1 Å². The number of carbonyl (C=O) groups is 3. The molecule has 5 rings (SSSR count). The van der Waals surface area contributed by atoms with Gasteiger partial charge in [0.25, 0.3) is 0 Å². The summed E-state index contributed by atoms with van der Waals surface area (Å²) in [6.07, 6.45) is 7.79. The van der Waals surface area contributed by atoms with Crippen LogP contribution in [0.2, 0.25) is 0 Å². The van der Waals surface area contributed by atoms with Gasteiger partial charge in [-0.2, -0.15) is 0 Å². The zero-order chi connectivity index (χ0) is 20.9. The van der Waals surface area contributed by atoms with Gasteiger partial charge in [0.2, 0.25) is 17.7 Å². The highest BCUT2D eigenvalue weighted by Gasteiger charge is 2.67. The van der Waals surface area contributed by atoms with Crippen molar-refractivity contribution >= 4 is 17.7 Å². The number of fused-ring (bicyclic) bond motifs is 1. The number of ether oxygens (including phenoxy) is 1. The summed E-state index contributed by atoms with van der Waals surface area (Å²) in [6.45, 7) is 4.78. The molecule has 4 atom stereocenters. The van der Waals surface area contributed by atoms with E-state index in [2.05, 4.69) is 4.98 Å². The molecule has 3 amide bonds. The van der Waals surface area contributed by atoms with Crippen molar-refractivity contribution in [2.75, 3.05) is 32.7 Å². The molecule has 4 aliphatic rings. The Bertz CT molecular complexity index is 904. The lowest BCUT2D eigenvalue weighted by atomic mass is 9.76. The van der Waals surface area contributed by atoms with Gasteiger partial charge in [0.15, 0.2) is 0 Å². The zero-order valence-electron chi connectivity index (χ0n) is 17.1. The molecule has 3 fully saturated rings. The number of hydrogen-bond acceptors (Lipinski definition) is 5. The summed E-state index contributed by atoms with van der Waals surface area (Å²) in [5, 5.41) is 0. The van der Waals surface area contributed by atoms with Gasteiger partial charge in [-0.15, -0.1) is 0 Å². The van der Waals surface area contributed by atoms with Crippen LogP contribution in [0.15, 0.2) is 36.7 Å². The van der Waals surface area contributed by atoms with Crippen molar-refractivity contribution in [3.05, 3.63) is 42.2 Å². The first-order chi connectivity index (χ1) is 14.5. The summed E-state index contributed by atoms with van der Waals surface area (Å²) in [5.41, 5.74) is 0.252. The molecule has 8 heteroatoms. The maximum atomic E-state index is 13.5. The summed E-state index contributed by atoms with van der Waals surface area (Å²) >= 11 is 0. The third-order valence-corrected chi connectivity index (χ3v) is 6.81. The van der Waals surface area contributed by atoms with E-state index in [9.17, 15) is 14.4 Å². The smallest absolute Gasteiger partial charge is 0.230 e. The first-order valence-electron chi connectivity index (χ1n) is 10.6. The molecule has 0 N–H and O–H groups in total. The standard InChI is InChI=1S/C22H26N4O4/c1-15(27)24-8-3-9-25(11-10-24)20(28)18-17-5-6-22(30-17)14-26(21(29)19(18)22)13-16-4-2-7-23-12-16/h2,4-7,12,17-19H,3,8-11,13-14H2,1H3/t17-,18-,19-,22-/m0/s1. The predicted octanol–water partition coefficient (Wildman–Crippen LogP) is 0.444. The van der Waals surface area contributed by atoms with Gasteiger partial charge in [0, 0.05) is 52.0 Å². The fraction of sp³-hybridized carbons (Fsp3) is 0.545. The number of amides is 3. The van der Waals surface area contributed by atoms with Crippen LogP contribution < -0.4 is 0 Å². The second kappa shape index (κ2) is 7.19. The summed E-state index contributed by atoms with van der Waals surface area (Å²) in [4.78, 5) is 48.1. The maximum Gasteiger partial charge on any atom is 0.230 e. The van der Waals surface area contributed by atoms with Gasteiger partial charge in [-0.1, -0.05) is 18.2 Å². The molecule has 0 saturated carbocycles. The van der Waals surface area contributed by atoms with Crippen LogP contribution >= 0.6 is 0 Å². The maximum absolute atomic E-state index is 13.5. The molecule has 8 nitrogen and oxygen atoms in total. The number of nitrogens with zero attached hydrogens (tertiary/aromatic N) is 4. The Kier molecular flexibility index (Phi) is 4.61. The SMILES string of the molecule is CC(=O)N1CCCN(C(=O)[C@H]2[C@@H]3C=C[C@@]4(CN(Cc5cccnc5)C(=O)[C@H]24)O3)CC1. The third-order valence-electron chi connectivity index (χ3n) is 6.81. The Balaban J connectivity index is 1.34. The van der Waals surface area contributed by atoms with E-state index in [-0.39, 0.29) is 23.8 Å². The summed E-state index contributed by atoms with van der Waals surface area (Å²) in [7, 11) is 0. The summed E-state index contributed by atoms with van der Waals surface area (Å²) in [5.74, 6) is -0.997. The molecule has 5 heterocycles. The number of pyridine rings is 1.